The van der Waals surface area contributed by atoms with E-state index in [9.17, 15) is 9.90 Å². The molecule has 4 heteroatoms. The molecular weight excluding hydrogens is 346 g/mol. The molecule has 2 aliphatic rings. The Kier molecular flexibility index (Phi) is 4.76. The first kappa shape index (κ1) is 17.6. The van der Waals surface area contributed by atoms with Crippen molar-refractivity contribution in [2.75, 3.05) is 6.54 Å². The third kappa shape index (κ3) is 3.04. The number of amides is 1. The van der Waals surface area contributed by atoms with Gasteiger partial charge in [0.05, 0.1) is 5.60 Å². The Morgan fingerprint density at radius 1 is 1.08 bits per heavy atom. The standard InChI is InChI=1S/C22H24ClNO2/c23-18-10-6-7-16(15-18)21(25)24-14-13-22(26,17-8-2-1-3-9-17)19-11-4-5-12-20(19)24/h1-3,6-10,15,19-20,26H,4-5,11-14H2. The van der Waals surface area contributed by atoms with Gasteiger partial charge in [0.15, 0.2) is 0 Å². The normalized spacial score (nSPS) is 28.5. The first-order valence-electron chi connectivity index (χ1n) is 9.44. The number of carbonyl (C=O) groups excluding carboxylic acids is 1. The number of fused-ring (bicyclic) bond motifs is 1. The highest BCUT2D eigenvalue weighted by molar-refractivity contribution is 6.30. The third-order valence-corrected chi connectivity index (χ3v) is 6.32. The molecule has 1 saturated carbocycles. The lowest BCUT2D eigenvalue weighted by molar-refractivity contribution is -0.110. The van der Waals surface area contributed by atoms with Gasteiger partial charge in [-0.05, 0) is 43.0 Å². The Balaban J connectivity index is 1.66. The van der Waals surface area contributed by atoms with E-state index in [4.69, 9.17) is 11.6 Å². The number of piperidine rings is 1. The third-order valence-electron chi connectivity index (χ3n) is 6.08. The molecular formula is C22H24ClNO2. The maximum Gasteiger partial charge on any atom is 0.254 e. The summed E-state index contributed by atoms with van der Waals surface area (Å²) in [7, 11) is 0. The Morgan fingerprint density at radius 2 is 1.85 bits per heavy atom. The summed E-state index contributed by atoms with van der Waals surface area (Å²) in [6.07, 6.45) is 4.69. The predicted molar refractivity (Wildman–Crippen MR) is 103 cm³/mol. The lowest BCUT2D eigenvalue weighted by Gasteiger charge is -2.52. The van der Waals surface area contributed by atoms with Gasteiger partial charge in [0.25, 0.3) is 5.91 Å². The minimum absolute atomic E-state index is 0.0273. The Morgan fingerprint density at radius 3 is 2.62 bits per heavy atom. The minimum atomic E-state index is -0.850. The first-order chi connectivity index (χ1) is 12.6. The molecule has 1 aliphatic heterocycles. The number of rotatable bonds is 2. The molecule has 1 amide bonds. The van der Waals surface area contributed by atoms with Gasteiger partial charge in [0.2, 0.25) is 0 Å². The van der Waals surface area contributed by atoms with E-state index in [1.165, 1.54) is 0 Å². The average molecular weight is 370 g/mol. The summed E-state index contributed by atoms with van der Waals surface area (Å²) in [6.45, 7) is 0.567. The van der Waals surface area contributed by atoms with Gasteiger partial charge in [0, 0.05) is 29.1 Å². The van der Waals surface area contributed by atoms with Gasteiger partial charge in [-0.3, -0.25) is 4.79 Å². The van der Waals surface area contributed by atoms with E-state index in [1.54, 1.807) is 12.1 Å². The van der Waals surface area contributed by atoms with Crippen LogP contribution in [0.4, 0.5) is 0 Å². The van der Waals surface area contributed by atoms with E-state index >= 15 is 0 Å². The fraction of sp³-hybridized carbons (Fsp3) is 0.409. The number of aliphatic hydroxyl groups is 1. The number of hydrogen-bond acceptors (Lipinski definition) is 2. The molecule has 2 fully saturated rings. The number of carbonyl (C=O) groups is 1. The van der Waals surface area contributed by atoms with Crippen molar-refractivity contribution >= 4 is 17.5 Å². The molecule has 1 N–H and O–H groups in total. The van der Waals surface area contributed by atoms with Crippen LogP contribution < -0.4 is 0 Å². The molecule has 1 heterocycles. The highest BCUT2D eigenvalue weighted by Gasteiger charge is 2.50. The molecule has 2 aromatic rings. The molecule has 3 nitrogen and oxygen atoms in total. The van der Waals surface area contributed by atoms with Gasteiger partial charge in [-0.2, -0.15) is 0 Å². The van der Waals surface area contributed by atoms with Crippen molar-refractivity contribution in [1.29, 1.82) is 0 Å². The van der Waals surface area contributed by atoms with Crippen molar-refractivity contribution < 1.29 is 9.90 Å². The van der Waals surface area contributed by atoms with Crippen LogP contribution in [0.1, 0.15) is 48.0 Å². The first-order valence-corrected chi connectivity index (χ1v) is 9.82. The number of halogens is 1. The van der Waals surface area contributed by atoms with Crippen LogP contribution >= 0.6 is 11.6 Å². The summed E-state index contributed by atoms with van der Waals surface area (Å²) in [4.78, 5) is 15.1. The predicted octanol–water partition coefficient (Wildman–Crippen LogP) is 4.63. The Labute approximate surface area is 159 Å². The van der Waals surface area contributed by atoms with Crippen molar-refractivity contribution in [1.82, 2.24) is 4.90 Å². The zero-order valence-electron chi connectivity index (χ0n) is 14.8. The molecule has 0 aromatic heterocycles. The molecule has 0 spiro atoms. The molecule has 3 unspecified atom stereocenters. The van der Waals surface area contributed by atoms with Crippen LogP contribution in [-0.4, -0.2) is 28.5 Å². The maximum absolute atomic E-state index is 13.1. The van der Waals surface area contributed by atoms with Gasteiger partial charge >= 0.3 is 0 Å². The molecule has 2 aromatic carbocycles. The maximum atomic E-state index is 13.1. The Hall–Kier alpha value is -1.84. The lowest BCUT2D eigenvalue weighted by Crippen LogP contribution is -2.58. The second-order valence-electron chi connectivity index (χ2n) is 7.51. The molecule has 1 saturated heterocycles. The van der Waals surface area contributed by atoms with E-state index in [0.29, 0.717) is 23.6 Å². The van der Waals surface area contributed by atoms with Crippen LogP contribution in [0, 0.1) is 5.92 Å². The molecule has 3 atom stereocenters. The second-order valence-corrected chi connectivity index (χ2v) is 7.94. The molecule has 1 aliphatic carbocycles. The van der Waals surface area contributed by atoms with Crippen LogP contribution in [0.15, 0.2) is 54.6 Å². The summed E-state index contributed by atoms with van der Waals surface area (Å²) < 4.78 is 0. The minimum Gasteiger partial charge on any atom is -0.385 e. The highest BCUT2D eigenvalue weighted by atomic mass is 35.5. The molecule has 4 rings (SSSR count). The lowest BCUT2D eigenvalue weighted by atomic mass is 9.66. The topological polar surface area (TPSA) is 40.5 Å². The summed E-state index contributed by atoms with van der Waals surface area (Å²) >= 11 is 6.08. The van der Waals surface area contributed by atoms with Gasteiger partial charge in [0.1, 0.15) is 0 Å². The average Bonchev–Trinajstić information content (AvgIpc) is 2.69. The SMILES string of the molecule is O=C(c1cccc(Cl)c1)N1CCC(O)(c2ccccc2)C2CCCCC21. The zero-order chi connectivity index (χ0) is 18.1. The van der Waals surface area contributed by atoms with E-state index in [1.807, 2.05) is 47.4 Å². The van der Waals surface area contributed by atoms with Crippen LogP contribution in [0.2, 0.25) is 5.02 Å². The largest absolute Gasteiger partial charge is 0.385 e. The second kappa shape index (κ2) is 7.05. The summed E-state index contributed by atoms with van der Waals surface area (Å²) in [5, 5.41) is 12.2. The van der Waals surface area contributed by atoms with Crippen LogP contribution in [0.5, 0.6) is 0 Å². The molecule has 0 radical (unpaired) electrons. The van der Waals surface area contributed by atoms with Gasteiger partial charge in [-0.25, -0.2) is 0 Å². The van der Waals surface area contributed by atoms with E-state index in [-0.39, 0.29) is 17.9 Å². The van der Waals surface area contributed by atoms with E-state index in [2.05, 4.69) is 0 Å². The summed E-state index contributed by atoms with van der Waals surface area (Å²) in [5.74, 6) is 0.107. The number of benzene rings is 2. The summed E-state index contributed by atoms with van der Waals surface area (Å²) in [5.41, 5.74) is 0.760. The van der Waals surface area contributed by atoms with E-state index in [0.717, 1.165) is 31.2 Å². The van der Waals surface area contributed by atoms with E-state index < -0.39 is 5.60 Å². The van der Waals surface area contributed by atoms with Gasteiger partial charge in [-0.15, -0.1) is 0 Å². The smallest absolute Gasteiger partial charge is 0.254 e. The Bertz CT molecular complexity index is 794. The highest BCUT2D eigenvalue weighted by Crippen LogP contribution is 2.47. The zero-order valence-corrected chi connectivity index (χ0v) is 15.5. The fourth-order valence-electron chi connectivity index (χ4n) is 4.81. The van der Waals surface area contributed by atoms with Crippen molar-refractivity contribution in [3.8, 4) is 0 Å². The van der Waals surface area contributed by atoms with Crippen LogP contribution in [0.3, 0.4) is 0 Å². The monoisotopic (exact) mass is 369 g/mol. The van der Waals surface area contributed by atoms with Gasteiger partial charge in [-0.1, -0.05) is 60.8 Å². The number of hydrogen-bond donors (Lipinski definition) is 1. The summed E-state index contributed by atoms with van der Waals surface area (Å²) in [6, 6.07) is 17.2. The quantitative estimate of drug-likeness (QED) is 0.838. The van der Waals surface area contributed by atoms with Crippen molar-refractivity contribution in [3.05, 3.63) is 70.7 Å². The number of nitrogens with zero attached hydrogens (tertiary/aromatic N) is 1. The van der Waals surface area contributed by atoms with Crippen molar-refractivity contribution in [2.24, 2.45) is 5.92 Å². The van der Waals surface area contributed by atoms with Gasteiger partial charge < -0.3 is 10.0 Å². The van der Waals surface area contributed by atoms with Crippen LogP contribution in [0.25, 0.3) is 0 Å². The van der Waals surface area contributed by atoms with Crippen molar-refractivity contribution in [3.63, 3.8) is 0 Å². The molecule has 26 heavy (non-hydrogen) atoms. The van der Waals surface area contributed by atoms with Crippen molar-refractivity contribution in [2.45, 2.75) is 43.7 Å². The molecule has 136 valence electrons. The molecule has 0 bridgehead atoms. The fourth-order valence-corrected chi connectivity index (χ4v) is 5.00. The van der Waals surface area contributed by atoms with Crippen LogP contribution in [-0.2, 0) is 5.60 Å². The number of likely N-dealkylation sites (tertiary alicyclic amines) is 1.